The lowest BCUT2D eigenvalue weighted by Gasteiger charge is -2.29. The molecule has 1 saturated heterocycles. The molecule has 1 fully saturated rings. The molecule has 0 unspecified atom stereocenters. The van der Waals surface area contributed by atoms with Crippen LogP contribution in [-0.2, 0) is 0 Å². The highest BCUT2D eigenvalue weighted by Crippen LogP contribution is 2.25. The second-order valence-electron chi connectivity index (χ2n) is 5.95. The van der Waals surface area contributed by atoms with Crippen LogP contribution in [0.2, 0.25) is 0 Å². The summed E-state index contributed by atoms with van der Waals surface area (Å²) in [5, 5.41) is 5.91. The normalized spacial score (nSPS) is 15.8. The molecule has 0 radical (unpaired) electrons. The number of para-hydroxylation sites is 1. The molecule has 2 aromatic rings. The number of anilines is 2. The van der Waals surface area contributed by atoms with Crippen LogP contribution < -0.4 is 5.32 Å². The number of benzene rings is 1. The molecular formula is C17H21N3OS. The number of nitrogens with zero attached hydrogens (tertiary/aromatic N) is 2. The Balaban J connectivity index is 1.68. The molecule has 4 nitrogen and oxygen atoms in total. The zero-order valence-corrected chi connectivity index (χ0v) is 13.8. The summed E-state index contributed by atoms with van der Waals surface area (Å²) < 4.78 is 0. The highest BCUT2D eigenvalue weighted by molar-refractivity contribution is 7.14. The van der Waals surface area contributed by atoms with E-state index in [2.05, 4.69) is 30.2 Å². The Labute approximate surface area is 135 Å². The first-order chi connectivity index (χ1) is 10.6. The third-order valence-corrected chi connectivity index (χ3v) is 4.94. The van der Waals surface area contributed by atoms with E-state index in [-0.39, 0.29) is 5.91 Å². The van der Waals surface area contributed by atoms with Crippen LogP contribution in [0.5, 0.6) is 0 Å². The Bertz CT molecular complexity index is 659. The summed E-state index contributed by atoms with van der Waals surface area (Å²) in [6.45, 7) is 5.99. The predicted octanol–water partition coefficient (Wildman–Crippen LogP) is 4.07. The van der Waals surface area contributed by atoms with Crippen molar-refractivity contribution in [2.75, 3.05) is 18.4 Å². The fourth-order valence-corrected chi connectivity index (χ4v) is 3.33. The number of aryl methyl sites for hydroxylation is 1. The third-order valence-electron chi connectivity index (χ3n) is 4.18. The number of likely N-dealkylation sites (tertiary alicyclic amines) is 1. The van der Waals surface area contributed by atoms with Crippen molar-refractivity contribution < 1.29 is 4.79 Å². The predicted molar refractivity (Wildman–Crippen MR) is 90.9 cm³/mol. The second-order valence-corrected chi connectivity index (χ2v) is 6.81. The summed E-state index contributed by atoms with van der Waals surface area (Å²) >= 11 is 1.48. The first kappa shape index (κ1) is 15.0. The number of hydrogen-bond donors (Lipinski definition) is 1. The summed E-state index contributed by atoms with van der Waals surface area (Å²) in [7, 11) is 0. The van der Waals surface area contributed by atoms with E-state index >= 15 is 0 Å². The van der Waals surface area contributed by atoms with Crippen molar-refractivity contribution in [1.82, 2.24) is 9.88 Å². The lowest BCUT2D eigenvalue weighted by atomic mass is 9.99. The zero-order valence-electron chi connectivity index (χ0n) is 13.0. The van der Waals surface area contributed by atoms with E-state index in [1.165, 1.54) is 11.3 Å². The van der Waals surface area contributed by atoms with Crippen LogP contribution in [0, 0.1) is 12.8 Å². The van der Waals surface area contributed by atoms with Crippen LogP contribution in [-0.4, -0.2) is 28.9 Å². The number of thiazole rings is 1. The van der Waals surface area contributed by atoms with Gasteiger partial charge in [0.05, 0.1) is 0 Å². The highest BCUT2D eigenvalue weighted by atomic mass is 32.1. The van der Waals surface area contributed by atoms with Gasteiger partial charge in [-0.25, -0.2) is 4.98 Å². The molecule has 1 aliphatic heterocycles. The van der Waals surface area contributed by atoms with Crippen LogP contribution >= 0.6 is 11.3 Å². The van der Waals surface area contributed by atoms with Gasteiger partial charge in [-0.2, -0.15) is 0 Å². The molecule has 1 aromatic carbocycles. The molecule has 2 heterocycles. The molecule has 0 aliphatic carbocycles. The van der Waals surface area contributed by atoms with Crippen LogP contribution in [0.4, 0.5) is 10.8 Å². The van der Waals surface area contributed by atoms with Crippen molar-refractivity contribution in [3.05, 3.63) is 40.9 Å². The maximum atomic E-state index is 12.5. The van der Waals surface area contributed by atoms with Gasteiger partial charge in [0.15, 0.2) is 5.13 Å². The molecular weight excluding hydrogens is 294 g/mol. The van der Waals surface area contributed by atoms with E-state index in [4.69, 9.17) is 0 Å². The smallest absolute Gasteiger partial charge is 0.273 e. The van der Waals surface area contributed by atoms with Crippen LogP contribution in [0.25, 0.3) is 0 Å². The first-order valence-corrected chi connectivity index (χ1v) is 8.59. The van der Waals surface area contributed by atoms with Crippen molar-refractivity contribution in [3.8, 4) is 0 Å². The molecule has 5 heteroatoms. The van der Waals surface area contributed by atoms with Gasteiger partial charge in [-0.15, -0.1) is 11.3 Å². The van der Waals surface area contributed by atoms with E-state index in [1.54, 1.807) is 0 Å². The van der Waals surface area contributed by atoms with E-state index in [1.807, 2.05) is 28.5 Å². The number of hydrogen-bond acceptors (Lipinski definition) is 4. The summed E-state index contributed by atoms with van der Waals surface area (Å²) in [6.07, 6.45) is 2.17. The van der Waals surface area contributed by atoms with E-state index in [9.17, 15) is 4.79 Å². The van der Waals surface area contributed by atoms with E-state index in [0.29, 0.717) is 5.69 Å². The molecule has 1 N–H and O–H groups in total. The summed E-state index contributed by atoms with van der Waals surface area (Å²) in [5.74, 6) is 0.777. The van der Waals surface area contributed by atoms with Crippen LogP contribution in [0.3, 0.4) is 0 Å². The molecule has 0 spiro atoms. The maximum Gasteiger partial charge on any atom is 0.273 e. The van der Waals surface area contributed by atoms with Crippen molar-refractivity contribution in [3.63, 3.8) is 0 Å². The minimum atomic E-state index is 0.0565. The maximum absolute atomic E-state index is 12.5. The molecule has 116 valence electrons. The Morgan fingerprint density at radius 1 is 1.32 bits per heavy atom. The number of aromatic nitrogens is 1. The molecule has 1 aliphatic rings. The van der Waals surface area contributed by atoms with Gasteiger partial charge in [-0.1, -0.05) is 25.1 Å². The van der Waals surface area contributed by atoms with Gasteiger partial charge < -0.3 is 10.2 Å². The number of amides is 1. The Morgan fingerprint density at radius 2 is 2.05 bits per heavy atom. The Morgan fingerprint density at radius 3 is 2.77 bits per heavy atom. The molecule has 3 rings (SSSR count). The lowest BCUT2D eigenvalue weighted by molar-refractivity contribution is 0.0692. The number of rotatable bonds is 3. The largest absolute Gasteiger partial charge is 0.337 e. The van der Waals surface area contributed by atoms with Gasteiger partial charge in [0.25, 0.3) is 5.91 Å². The monoisotopic (exact) mass is 315 g/mol. The molecule has 0 atom stereocenters. The van der Waals surface area contributed by atoms with Crippen LogP contribution in [0.15, 0.2) is 29.6 Å². The van der Waals surface area contributed by atoms with E-state index < -0.39 is 0 Å². The Hall–Kier alpha value is -1.88. The fraction of sp³-hybridized carbons (Fsp3) is 0.412. The minimum Gasteiger partial charge on any atom is -0.337 e. The van der Waals surface area contributed by atoms with Crippen molar-refractivity contribution in [2.45, 2.75) is 26.7 Å². The second kappa shape index (κ2) is 6.48. The average Bonchev–Trinajstić information content (AvgIpc) is 2.98. The number of carbonyl (C=O) groups excluding carboxylic acids is 1. The molecule has 22 heavy (non-hydrogen) atoms. The van der Waals surface area contributed by atoms with Gasteiger partial charge in [-0.05, 0) is 37.3 Å². The zero-order chi connectivity index (χ0) is 15.5. The lowest BCUT2D eigenvalue weighted by Crippen LogP contribution is -2.38. The van der Waals surface area contributed by atoms with Crippen molar-refractivity contribution in [1.29, 1.82) is 0 Å². The van der Waals surface area contributed by atoms with Crippen LogP contribution in [0.1, 0.15) is 35.8 Å². The average molecular weight is 315 g/mol. The number of carbonyl (C=O) groups is 1. The van der Waals surface area contributed by atoms with Crippen molar-refractivity contribution in [2.24, 2.45) is 5.92 Å². The van der Waals surface area contributed by atoms with Gasteiger partial charge in [-0.3, -0.25) is 4.79 Å². The summed E-state index contributed by atoms with van der Waals surface area (Å²) in [4.78, 5) is 18.9. The Kier molecular flexibility index (Phi) is 4.43. The SMILES string of the molecule is Cc1ccccc1Nc1nc(C(=O)N2CCC(C)CC2)cs1. The molecule has 1 aromatic heterocycles. The number of piperidine rings is 1. The van der Waals surface area contributed by atoms with Crippen molar-refractivity contribution >= 4 is 28.1 Å². The highest BCUT2D eigenvalue weighted by Gasteiger charge is 2.23. The summed E-state index contributed by atoms with van der Waals surface area (Å²) in [5.41, 5.74) is 2.74. The van der Waals surface area contributed by atoms with Gasteiger partial charge in [0.2, 0.25) is 0 Å². The molecule has 0 saturated carbocycles. The quantitative estimate of drug-likeness (QED) is 0.928. The van der Waals surface area contributed by atoms with Gasteiger partial charge in [0.1, 0.15) is 5.69 Å². The fourth-order valence-electron chi connectivity index (χ4n) is 2.63. The standard InChI is InChI=1S/C17H21N3OS/c1-12-7-9-20(10-8-12)16(21)15-11-22-17(19-15)18-14-6-4-3-5-13(14)2/h3-6,11-12H,7-10H2,1-2H3,(H,18,19). The van der Waals surface area contributed by atoms with E-state index in [0.717, 1.165) is 48.2 Å². The molecule has 0 bridgehead atoms. The summed E-state index contributed by atoms with van der Waals surface area (Å²) in [6, 6.07) is 8.07. The van der Waals surface area contributed by atoms with Gasteiger partial charge >= 0.3 is 0 Å². The van der Waals surface area contributed by atoms with Gasteiger partial charge in [0, 0.05) is 24.2 Å². The number of nitrogens with one attached hydrogen (secondary N) is 1. The molecule has 1 amide bonds. The first-order valence-electron chi connectivity index (χ1n) is 7.71. The minimum absolute atomic E-state index is 0.0565. The topological polar surface area (TPSA) is 45.2 Å². The third kappa shape index (κ3) is 3.30.